The van der Waals surface area contributed by atoms with E-state index >= 15 is 0 Å². The van der Waals surface area contributed by atoms with Gasteiger partial charge in [0, 0.05) is 62.5 Å². The maximum absolute atomic E-state index is 13.4. The number of hydrogen-bond donors (Lipinski definition) is 1. The van der Waals surface area contributed by atoms with E-state index in [9.17, 15) is 9.18 Å². The topological polar surface area (TPSA) is 82.9 Å². The number of halogens is 2. The highest BCUT2D eigenvalue weighted by atomic mass is 35.5. The van der Waals surface area contributed by atoms with Crippen molar-refractivity contribution in [3.63, 3.8) is 0 Å². The molecule has 2 aliphatic rings. The van der Waals surface area contributed by atoms with E-state index in [1.165, 1.54) is 29.5 Å². The number of aliphatic imine (C=N–C) groups is 1. The molecule has 11 heteroatoms. The van der Waals surface area contributed by atoms with E-state index in [1.54, 1.807) is 12.3 Å². The van der Waals surface area contributed by atoms with E-state index in [2.05, 4.69) is 27.1 Å². The zero-order chi connectivity index (χ0) is 25.1. The van der Waals surface area contributed by atoms with Crippen LogP contribution in [0.2, 0.25) is 5.02 Å². The van der Waals surface area contributed by atoms with Crippen LogP contribution in [0, 0.1) is 5.82 Å². The van der Waals surface area contributed by atoms with Crippen LogP contribution in [0.15, 0.2) is 40.8 Å². The Morgan fingerprint density at radius 2 is 2.06 bits per heavy atom. The molecule has 0 saturated carbocycles. The summed E-state index contributed by atoms with van der Waals surface area (Å²) >= 11 is 7.33. The Labute approximate surface area is 217 Å². The number of thiazole rings is 1. The number of Topliss-reactive ketones (excluding diaryl/α,β-unsaturated/α-hetero) is 1. The van der Waals surface area contributed by atoms with Gasteiger partial charge in [0.2, 0.25) is 0 Å². The number of carbonyl (C=O) groups is 1. The zero-order valence-electron chi connectivity index (χ0n) is 19.8. The Hall–Kier alpha value is -2.92. The minimum absolute atomic E-state index is 0.0255. The lowest BCUT2D eigenvalue weighted by Crippen LogP contribution is -2.45. The molecule has 4 heterocycles. The SMILES string of the molecule is CN1CCN(CCNc2nc(-c3nccc4c3N=C(COc3ccc(F)c(Cl)c3)CC4=O)cs2)CC1. The van der Waals surface area contributed by atoms with Gasteiger partial charge in [0.25, 0.3) is 0 Å². The van der Waals surface area contributed by atoms with Gasteiger partial charge in [-0.25, -0.2) is 9.37 Å². The highest BCUT2D eigenvalue weighted by molar-refractivity contribution is 7.14. The summed E-state index contributed by atoms with van der Waals surface area (Å²) in [5.41, 5.74) is 2.81. The second-order valence-electron chi connectivity index (χ2n) is 8.81. The van der Waals surface area contributed by atoms with Crippen molar-refractivity contribution in [3.05, 3.63) is 52.2 Å². The van der Waals surface area contributed by atoms with Gasteiger partial charge in [-0.2, -0.15) is 0 Å². The molecule has 0 spiro atoms. The number of benzene rings is 1. The minimum atomic E-state index is -0.518. The van der Waals surface area contributed by atoms with Crippen molar-refractivity contribution in [1.29, 1.82) is 0 Å². The van der Waals surface area contributed by atoms with Gasteiger partial charge in [0.15, 0.2) is 10.9 Å². The fourth-order valence-corrected chi connectivity index (χ4v) is 5.03. The molecule has 0 atom stereocenters. The number of fused-ring (bicyclic) bond motifs is 1. The first-order valence-corrected chi connectivity index (χ1v) is 13.0. The summed E-state index contributed by atoms with van der Waals surface area (Å²) in [4.78, 5) is 31.5. The summed E-state index contributed by atoms with van der Waals surface area (Å²) in [7, 11) is 2.15. The largest absolute Gasteiger partial charge is 0.488 e. The molecule has 0 bridgehead atoms. The molecule has 0 unspecified atom stereocenters. The Morgan fingerprint density at radius 1 is 1.22 bits per heavy atom. The highest BCUT2D eigenvalue weighted by Crippen LogP contribution is 2.36. The molecule has 0 aliphatic carbocycles. The number of nitrogens with zero attached hydrogens (tertiary/aromatic N) is 5. The Morgan fingerprint density at radius 3 is 2.86 bits per heavy atom. The summed E-state index contributed by atoms with van der Waals surface area (Å²) in [6.45, 7) is 6.19. The van der Waals surface area contributed by atoms with Crippen LogP contribution in [-0.4, -0.2) is 84.2 Å². The van der Waals surface area contributed by atoms with Crippen LogP contribution >= 0.6 is 22.9 Å². The Bertz CT molecular complexity index is 1290. The standard InChI is InChI=1S/C25H26ClFN6O2S/c1-32-8-10-33(11-9-32)7-6-29-25-31-21(15-36-25)24-23-18(4-5-28-24)22(34)12-16(30-23)14-35-17-2-3-20(27)19(26)13-17/h2-5,13,15H,6-12,14H2,1H3,(H,29,31). The Kier molecular flexibility index (Phi) is 7.56. The van der Waals surface area contributed by atoms with Crippen LogP contribution < -0.4 is 10.1 Å². The normalized spacial score (nSPS) is 16.5. The number of ether oxygens (including phenoxy) is 1. The number of anilines is 1. The smallest absolute Gasteiger partial charge is 0.183 e. The van der Waals surface area contributed by atoms with E-state index in [-0.39, 0.29) is 23.8 Å². The lowest BCUT2D eigenvalue weighted by atomic mass is 9.99. The van der Waals surface area contributed by atoms with Gasteiger partial charge in [-0.1, -0.05) is 11.6 Å². The van der Waals surface area contributed by atoms with E-state index in [0.717, 1.165) is 44.4 Å². The number of pyridine rings is 1. The number of aromatic nitrogens is 2. The van der Waals surface area contributed by atoms with Crippen molar-refractivity contribution in [2.45, 2.75) is 6.42 Å². The number of likely N-dealkylation sites (N-methyl/N-ethyl adjacent to an activating group) is 1. The van der Waals surface area contributed by atoms with Gasteiger partial charge in [-0.3, -0.25) is 19.7 Å². The van der Waals surface area contributed by atoms with Gasteiger partial charge in [0.1, 0.15) is 35.2 Å². The predicted octanol–water partition coefficient (Wildman–Crippen LogP) is 4.39. The molecular formula is C25H26ClFN6O2S. The van der Waals surface area contributed by atoms with E-state index in [0.29, 0.717) is 34.1 Å². The van der Waals surface area contributed by atoms with Crippen molar-refractivity contribution in [1.82, 2.24) is 19.8 Å². The molecule has 2 aromatic heterocycles. The summed E-state index contributed by atoms with van der Waals surface area (Å²) in [5.74, 6) is -0.170. The molecule has 1 saturated heterocycles. The lowest BCUT2D eigenvalue weighted by Gasteiger charge is -2.32. The van der Waals surface area contributed by atoms with Crippen molar-refractivity contribution in [2.75, 3.05) is 58.2 Å². The second-order valence-corrected chi connectivity index (χ2v) is 10.1. The quantitative estimate of drug-likeness (QED) is 0.464. The molecule has 0 amide bonds. The third kappa shape index (κ3) is 5.73. The molecule has 36 heavy (non-hydrogen) atoms. The molecule has 0 radical (unpaired) electrons. The lowest BCUT2D eigenvalue weighted by molar-refractivity contribution is 0.0998. The molecule has 2 aliphatic heterocycles. The number of carbonyl (C=O) groups excluding carboxylic acids is 1. The van der Waals surface area contributed by atoms with Gasteiger partial charge in [-0.05, 0) is 25.2 Å². The van der Waals surface area contributed by atoms with Crippen molar-refractivity contribution < 1.29 is 13.9 Å². The number of nitrogens with one attached hydrogen (secondary N) is 1. The third-order valence-electron chi connectivity index (χ3n) is 6.20. The van der Waals surface area contributed by atoms with Gasteiger partial charge >= 0.3 is 0 Å². The molecule has 8 nitrogen and oxygen atoms in total. The second kappa shape index (κ2) is 11.0. The molecule has 3 aromatic rings. The van der Waals surface area contributed by atoms with Crippen LogP contribution in [0.3, 0.4) is 0 Å². The molecule has 1 N–H and O–H groups in total. The van der Waals surface area contributed by atoms with Crippen molar-refractivity contribution >= 4 is 45.3 Å². The summed E-state index contributed by atoms with van der Waals surface area (Å²) in [6, 6.07) is 5.81. The highest BCUT2D eigenvalue weighted by Gasteiger charge is 2.25. The minimum Gasteiger partial charge on any atom is -0.488 e. The van der Waals surface area contributed by atoms with Crippen LogP contribution in [-0.2, 0) is 0 Å². The van der Waals surface area contributed by atoms with E-state index in [1.807, 2.05) is 5.38 Å². The van der Waals surface area contributed by atoms with E-state index < -0.39 is 5.82 Å². The Balaban J connectivity index is 1.27. The van der Waals surface area contributed by atoms with Crippen LogP contribution in [0.1, 0.15) is 16.8 Å². The first-order valence-electron chi connectivity index (χ1n) is 11.7. The number of piperazine rings is 1. The van der Waals surface area contributed by atoms with E-state index in [4.69, 9.17) is 26.3 Å². The molecule has 1 fully saturated rings. The average molecular weight is 529 g/mol. The van der Waals surface area contributed by atoms with Crippen molar-refractivity contribution in [3.8, 4) is 17.1 Å². The van der Waals surface area contributed by atoms with Gasteiger partial charge < -0.3 is 15.0 Å². The zero-order valence-corrected chi connectivity index (χ0v) is 21.4. The average Bonchev–Trinajstić information content (AvgIpc) is 3.34. The summed E-state index contributed by atoms with van der Waals surface area (Å²) in [6.07, 6.45) is 1.75. The first-order chi connectivity index (χ1) is 17.5. The fraction of sp³-hybridized carbons (Fsp3) is 0.360. The van der Waals surface area contributed by atoms with Crippen LogP contribution in [0.5, 0.6) is 5.75 Å². The maximum Gasteiger partial charge on any atom is 0.183 e. The van der Waals surface area contributed by atoms with Crippen molar-refractivity contribution in [2.24, 2.45) is 4.99 Å². The molecule has 1 aromatic carbocycles. The van der Waals surface area contributed by atoms with Crippen LogP contribution in [0.4, 0.5) is 15.2 Å². The molecule has 5 rings (SSSR count). The summed E-state index contributed by atoms with van der Waals surface area (Å²) < 4.78 is 19.1. The molecular weight excluding hydrogens is 503 g/mol. The van der Waals surface area contributed by atoms with Gasteiger partial charge in [-0.15, -0.1) is 11.3 Å². The fourth-order valence-electron chi connectivity index (χ4n) is 4.13. The molecule has 188 valence electrons. The maximum atomic E-state index is 13.4. The monoisotopic (exact) mass is 528 g/mol. The third-order valence-corrected chi connectivity index (χ3v) is 7.29. The number of hydrogen-bond acceptors (Lipinski definition) is 9. The first kappa shape index (κ1) is 24.8. The van der Waals surface area contributed by atoms with Gasteiger partial charge in [0.05, 0.1) is 17.2 Å². The predicted molar refractivity (Wildman–Crippen MR) is 141 cm³/mol. The van der Waals surface area contributed by atoms with Crippen LogP contribution in [0.25, 0.3) is 11.4 Å². The number of rotatable bonds is 8. The summed E-state index contributed by atoms with van der Waals surface area (Å²) in [5, 5.41) is 6.11. The number of ketones is 1.